The van der Waals surface area contributed by atoms with Crippen LogP contribution in [0.15, 0.2) is 18.2 Å². The van der Waals surface area contributed by atoms with Crippen LogP contribution in [-0.4, -0.2) is 41.1 Å². The van der Waals surface area contributed by atoms with E-state index in [0.717, 1.165) is 44.1 Å². The van der Waals surface area contributed by atoms with E-state index in [1.165, 1.54) is 18.9 Å². The van der Waals surface area contributed by atoms with Crippen molar-refractivity contribution >= 4 is 30.5 Å². The van der Waals surface area contributed by atoms with E-state index in [0.29, 0.717) is 0 Å². The van der Waals surface area contributed by atoms with Gasteiger partial charge in [0, 0.05) is 38.3 Å². The molecule has 0 aromatic heterocycles. The van der Waals surface area contributed by atoms with Gasteiger partial charge in [0.15, 0.2) is 5.75 Å². The molecule has 1 aromatic rings. The van der Waals surface area contributed by atoms with Crippen molar-refractivity contribution in [2.45, 2.75) is 25.3 Å². The van der Waals surface area contributed by atoms with E-state index in [1.807, 2.05) is 6.07 Å². The molecule has 0 unspecified atom stereocenters. The van der Waals surface area contributed by atoms with Gasteiger partial charge in [0.1, 0.15) is 0 Å². The number of nitrogens with one attached hydrogen (secondary N) is 1. The Kier molecular flexibility index (Phi) is 7.54. The molecule has 23 heavy (non-hydrogen) atoms. The standard InChI is InChI=1S/C15H21N3O3.2ClH/c19-15-4-3-12(10-14(15)18(20)21)13(9-11-1-2-11)17-7-5-16-6-8-17;;/h3-4,10-11,13,16,19H,1-2,5-9H2;2*1H/t13-;;/m1../s1. The number of benzene rings is 1. The van der Waals surface area contributed by atoms with Crippen molar-refractivity contribution in [3.8, 4) is 5.75 Å². The monoisotopic (exact) mass is 363 g/mol. The van der Waals surface area contributed by atoms with E-state index in [9.17, 15) is 15.2 Å². The molecule has 1 aromatic carbocycles. The second-order valence-electron chi connectivity index (χ2n) is 5.99. The Morgan fingerprint density at radius 2 is 1.96 bits per heavy atom. The van der Waals surface area contributed by atoms with Gasteiger partial charge in [-0.25, -0.2) is 0 Å². The number of rotatable bonds is 5. The molecular formula is C15H23Cl2N3O3. The lowest BCUT2D eigenvalue weighted by molar-refractivity contribution is -0.386. The van der Waals surface area contributed by atoms with E-state index in [4.69, 9.17) is 0 Å². The normalized spacial score (nSPS) is 19.3. The van der Waals surface area contributed by atoms with Gasteiger partial charge in [0.05, 0.1) is 4.92 Å². The number of phenols is 1. The molecule has 2 N–H and O–H groups in total. The quantitative estimate of drug-likeness (QED) is 0.621. The van der Waals surface area contributed by atoms with Crippen LogP contribution in [0, 0.1) is 16.0 Å². The van der Waals surface area contributed by atoms with E-state index in [2.05, 4.69) is 10.2 Å². The van der Waals surface area contributed by atoms with Crippen LogP contribution in [0.1, 0.15) is 30.9 Å². The maximum absolute atomic E-state index is 11.0. The molecule has 1 aliphatic carbocycles. The lowest BCUT2D eigenvalue weighted by Crippen LogP contribution is -2.45. The second-order valence-corrected chi connectivity index (χ2v) is 5.99. The maximum atomic E-state index is 11.0. The molecular weight excluding hydrogens is 341 g/mol. The SMILES string of the molecule is Cl.Cl.O=[N+]([O-])c1cc([C@@H](CC2CC2)N2CCNCC2)ccc1O. The van der Waals surface area contributed by atoms with Crippen LogP contribution in [0.3, 0.4) is 0 Å². The topological polar surface area (TPSA) is 78.6 Å². The molecule has 2 fully saturated rings. The Hall–Kier alpha value is -1.08. The minimum Gasteiger partial charge on any atom is -0.502 e. The largest absolute Gasteiger partial charge is 0.502 e. The Labute approximate surface area is 148 Å². The first-order valence-electron chi connectivity index (χ1n) is 7.57. The molecule has 1 aliphatic heterocycles. The smallest absolute Gasteiger partial charge is 0.311 e. The van der Waals surface area contributed by atoms with Crippen molar-refractivity contribution in [2.24, 2.45) is 5.92 Å². The van der Waals surface area contributed by atoms with Crippen LogP contribution in [0.25, 0.3) is 0 Å². The predicted molar refractivity (Wildman–Crippen MR) is 93.8 cm³/mol. The Balaban J connectivity index is 0.00000132. The fraction of sp³-hybridized carbons (Fsp3) is 0.600. The molecule has 1 atom stereocenters. The molecule has 130 valence electrons. The Morgan fingerprint density at radius 1 is 1.30 bits per heavy atom. The molecule has 6 nitrogen and oxygen atoms in total. The minimum absolute atomic E-state index is 0. The molecule has 0 amide bonds. The number of nitro groups is 1. The zero-order valence-electron chi connectivity index (χ0n) is 12.8. The van der Waals surface area contributed by atoms with Crippen LogP contribution >= 0.6 is 24.8 Å². The molecule has 2 aliphatic rings. The molecule has 1 saturated heterocycles. The first-order chi connectivity index (χ1) is 10.1. The first kappa shape index (κ1) is 20.0. The van der Waals surface area contributed by atoms with Crippen molar-refractivity contribution in [1.29, 1.82) is 0 Å². The number of nitro benzene ring substituents is 1. The highest BCUT2D eigenvalue weighted by Crippen LogP contribution is 2.41. The number of aromatic hydroxyl groups is 1. The van der Waals surface area contributed by atoms with Gasteiger partial charge < -0.3 is 10.4 Å². The van der Waals surface area contributed by atoms with Gasteiger partial charge in [0.2, 0.25) is 0 Å². The zero-order chi connectivity index (χ0) is 14.8. The molecule has 1 heterocycles. The van der Waals surface area contributed by atoms with Crippen molar-refractivity contribution in [3.63, 3.8) is 0 Å². The minimum atomic E-state index is -0.509. The number of piperazine rings is 1. The summed E-state index contributed by atoms with van der Waals surface area (Å²) < 4.78 is 0. The first-order valence-corrected chi connectivity index (χ1v) is 7.57. The molecule has 0 radical (unpaired) electrons. The molecule has 0 bridgehead atoms. The molecule has 0 spiro atoms. The van der Waals surface area contributed by atoms with Crippen LogP contribution in [-0.2, 0) is 0 Å². The molecule has 3 rings (SSSR count). The third-order valence-corrected chi connectivity index (χ3v) is 4.43. The highest BCUT2D eigenvalue weighted by atomic mass is 35.5. The van der Waals surface area contributed by atoms with Gasteiger partial charge in [-0.3, -0.25) is 15.0 Å². The Morgan fingerprint density at radius 3 is 2.52 bits per heavy atom. The van der Waals surface area contributed by atoms with Gasteiger partial charge in [-0.05, 0) is 24.0 Å². The maximum Gasteiger partial charge on any atom is 0.311 e. The summed E-state index contributed by atoms with van der Waals surface area (Å²) in [5.41, 5.74) is 0.761. The average molecular weight is 364 g/mol. The lowest BCUT2D eigenvalue weighted by Gasteiger charge is -2.35. The summed E-state index contributed by atoms with van der Waals surface area (Å²) in [6.45, 7) is 3.85. The van der Waals surface area contributed by atoms with Gasteiger partial charge in [-0.1, -0.05) is 18.9 Å². The van der Waals surface area contributed by atoms with Crippen molar-refractivity contribution in [2.75, 3.05) is 26.2 Å². The van der Waals surface area contributed by atoms with Gasteiger partial charge >= 0.3 is 5.69 Å². The molecule has 1 saturated carbocycles. The van der Waals surface area contributed by atoms with Gasteiger partial charge in [-0.2, -0.15) is 0 Å². The second kappa shape index (κ2) is 8.68. The lowest BCUT2D eigenvalue weighted by atomic mass is 9.98. The zero-order valence-corrected chi connectivity index (χ0v) is 14.4. The van der Waals surface area contributed by atoms with Gasteiger partial charge in [-0.15, -0.1) is 24.8 Å². The van der Waals surface area contributed by atoms with Crippen molar-refractivity contribution in [3.05, 3.63) is 33.9 Å². The number of hydrogen-bond donors (Lipinski definition) is 2. The average Bonchev–Trinajstić information content (AvgIpc) is 3.30. The number of hydrogen-bond acceptors (Lipinski definition) is 5. The summed E-state index contributed by atoms with van der Waals surface area (Å²) in [7, 11) is 0. The van der Waals surface area contributed by atoms with E-state index in [1.54, 1.807) is 6.07 Å². The highest BCUT2D eigenvalue weighted by Gasteiger charge is 2.31. The summed E-state index contributed by atoms with van der Waals surface area (Å²) in [6.07, 6.45) is 3.59. The predicted octanol–water partition coefficient (Wildman–Crippen LogP) is 2.89. The van der Waals surface area contributed by atoms with Crippen LogP contribution in [0.2, 0.25) is 0 Å². The third kappa shape index (κ3) is 4.94. The van der Waals surface area contributed by atoms with E-state index >= 15 is 0 Å². The van der Waals surface area contributed by atoms with E-state index < -0.39 is 4.92 Å². The fourth-order valence-electron chi connectivity index (χ4n) is 3.05. The summed E-state index contributed by atoms with van der Waals surface area (Å²) in [6, 6.07) is 5.05. The number of phenolic OH excluding ortho intramolecular Hbond substituents is 1. The summed E-state index contributed by atoms with van der Waals surface area (Å²) >= 11 is 0. The summed E-state index contributed by atoms with van der Waals surface area (Å²) in [5, 5.41) is 24.0. The third-order valence-electron chi connectivity index (χ3n) is 4.43. The van der Waals surface area contributed by atoms with Crippen LogP contribution in [0.5, 0.6) is 5.75 Å². The van der Waals surface area contributed by atoms with Crippen molar-refractivity contribution < 1.29 is 10.0 Å². The van der Waals surface area contributed by atoms with Crippen molar-refractivity contribution in [1.82, 2.24) is 10.2 Å². The number of halogens is 2. The summed E-state index contributed by atoms with van der Waals surface area (Å²) in [4.78, 5) is 12.9. The fourth-order valence-corrected chi connectivity index (χ4v) is 3.05. The summed E-state index contributed by atoms with van der Waals surface area (Å²) in [5.74, 6) is 0.493. The van der Waals surface area contributed by atoms with E-state index in [-0.39, 0.29) is 42.3 Å². The van der Waals surface area contributed by atoms with Crippen LogP contribution < -0.4 is 5.32 Å². The number of nitrogens with zero attached hydrogens (tertiary/aromatic N) is 2. The Bertz CT molecular complexity index is 535. The van der Waals surface area contributed by atoms with Crippen LogP contribution in [0.4, 0.5) is 5.69 Å². The van der Waals surface area contributed by atoms with Gasteiger partial charge in [0.25, 0.3) is 0 Å². The highest BCUT2D eigenvalue weighted by molar-refractivity contribution is 5.85. The molecule has 8 heteroatoms.